The van der Waals surface area contributed by atoms with Crippen LogP contribution < -0.4 is 10.6 Å². The van der Waals surface area contributed by atoms with E-state index >= 15 is 0 Å². The minimum Gasteiger partial charge on any atom is -0.368 e. The Kier molecular flexibility index (Phi) is 2.54. The lowest BCUT2D eigenvalue weighted by molar-refractivity contribution is 0.628. The molecule has 3 aromatic rings. The van der Waals surface area contributed by atoms with E-state index in [9.17, 15) is 4.39 Å². The number of benzene rings is 2. The first-order valence-corrected chi connectivity index (χ1v) is 6.80. The Morgan fingerprint density at radius 3 is 2.86 bits per heavy atom. The molecule has 1 aliphatic heterocycles. The summed E-state index contributed by atoms with van der Waals surface area (Å²) in [6, 6.07) is 12.6. The van der Waals surface area contributed by atoms with Crippen LogP contribution in [0.5, 0.6) is 0 Å². The molecular formula is C16H13FN4. The summed E-state index contributed by atoms with van der Waals surface area (Å²) in [6.07, 6.45) is 0.869. The fraction of sp³-hybridized carbons (Fsp3) is 0.125. The number of fused-ring (bicyclic) bond motifs is 2. The first kappa shape index (κ1) is 12.1. The van der Waals surface area contributed by atoms with Gasteiger partial charge in [-0.15, -0.1) is 0 Å². The van der Waals surface area contributed by atoms with Gasteiger partial charge in [0.1, 0.15) is 11.6 Å². The van der Waals surface area contributed by atoms with Gasteiger partial charge < -0.3 is 10.6 Å². The summed E-state index contributed by atoms with van der Waals surface area (Å²) in [5.74, 6) is 0.725. The quantitative estimate of drug-likeness (QED) is 0.744. The molecule has 0 aliphatic carbocycles. The van der Waals surface area contributed by atoms with Crippen LogP contribution in [0, 0.1) is 5.82 Å². The number of hydrogen-bond acceptors (Lipinski definition) is 4. The van der Waals surface area contributed by atoms with Crippen molar-refractivity contribution in [2.24, 2.45) is 0 Å². The van der Waals surface area contributed by atoms with E-state index in [2.05, 4.69) is 9.97 Å². The SMILES string of the molecule is Nc1nc(N2CCc3ccc(F)cc32)c2ccccc2n1. The Morgan fingerprint density at radius 2 is 1.95 bits per heavy atom. The third-order valence-electron chi connectivity index (χ3n) is 3.80. The molecule has 2 heterocycles. The second-order valence-electron chi connectivity index (χ2n) is 5.10. The standard InChI is InChI=1S/C16H13FN4/c17-11-6-5-10-7-8-21(14(10)9-11)15-12-3-1-2-4-13(12)19-16(18)20-15/h1-6,9H,7-8H2,(H2,18,19,20). The van der Waals surface area contributed by atoms with Gasteiger partial charge in [0.05, 0.1) is 5.52 Å². The number of hydrogen-bond donors (Lipinski definition) is 1. The summed E-state index contributed by atoms with van der Waals surface area (Å²) < 4.78 is 13.6. The average Bonchev–Trinajstić information content (AvgIpc) is 2.89. The lowest BCUT2D eigenvalue weighted by atomic mass is 10.1. The molecule has 5 heteroatoms. The van der Waals surface area contributed by atoms with Gasteiger partial charge in [-0.25, -0.2) is 9.37 Å². The van der Waals surface area contributed by atoms with Gasteiger partial charge in [-0.1, -0.05) is 18.2 Å². The summed E-state index contributed by atoms with van der Waals surface area (Å²) in [6.45, 7) is 0.763. The first-order valence-electron chi connectivity index (χ1n) is 6.80. The smallest absolute Gasteiger partial charge is 0.222 e. The Bertz CT molecular complexity index is 847. The molecule has 0 unspecified atom stereocenters. The molecule has 0 spiro atoms. The van der Waals surface area contributed by atoms with Crippen molar-refractivity contribution >= 4 is 28.4 Å². The van der Waals surface area contributed by atoms with E-state index in [-0.39, 0.29) is 11.8 Å². The molecule has 4 rings (SSSR count). The molecule has 0 bridgehead atoms. The van der Waals surface area contributed by atoms with Crippen molar-refractivity contribution < 1.29 is 4.39 Å². The molecule has 21 heavy (non-hydrogen) atoms. The molecular weight excluding hydrogens is 267 g/mol. The van der Waals surface area contributed by atoms with Gasteiger partial charge in [0.2, 0.25) is 5.95 Å². The number of nitrogens with zero attached hydrogens (tertiary/aromatic N) is 3. The molecule has 2 N–H and O–H groups in total. The number of nitrogen functional groups attached to an aromatic ring is 1. The van der Waals surface area contributed by atoms with Crippen LogP contribution in [0.1, 0.15) is 5.56 Å². The average molecular weight is 280 g/mol. The van der Waals surface area contributed by atoms with E-state index in [0.717, 1.165) is 40.9 Å². The van der Waals surface area contributed by atoms with Crippen LogP contribution in [0.15, 0.2) is 42.5 Å². The topological polar surface area (TPSA) is 55.0 Å². The molecule has 0 saturated heterocycles. The maximum Gasteiger partial charge on any atom is 0.222 e. The van der Waals surface area contributed by atoms with Crippen molar-refractivity contribution in [3.8, 4) is 0 Å². The fourth-order valence-electron chi connectivity index (χ4n) is 2.86. The number of nitrogens with two attached hydrogens (primary N) is 1. The van der Waals surface area contributed by atoms with Crippen LogP contribution in [-0.4, -0.2) is 16.5 Å². The van der Waals surface area contributed by atoms with Crippen LogP contribution in [0.2, 0.25) is 0 Å². The van der Waals surface area contributed by atoms with E-state index in [1.165, 1.54) is 6.07 Å². The molecule has 2 aromatic carbocycles. The number of anilines is 3. The zero-order valence-corrected chi connectivity index (χ0v) is 11.3. The highest BCUT2D eigenvalue weighted by molar-refractivity contribution is 5.93. The molecule has 0 atom stereocenters. The molecule has 1 aliphatic rings. The molecule has 0 saturated carbocycles. The molecule has 0 amide bonds. The van der Waals surface area contributed by atoms with Crippen LogP contribution in [0.4, 0.5) is 21.8 Å². The maximum absolute atomic E-state index is 13.6. The number of halogens is 1. The van der Waals surface area contributed by atoms with Gasteiger partial charge in [-0.3, -0.25) is 0 Å². The summed E-state index contributed by atoms with van der Waals surface area (Å²) in [5, 5.41) is 0.920. The van der Waals surface area contributed by atoms with Crippen molar-refractivity contribution in [2.45, 2.75) is 6.42 Å². The largest absolute Gasteiger partial charge is 0.368 e. The minimum atomic E-state index is -0.244. The van der Waals surface area contributed by atoms with Crippen LogP contribution >= 0.6 is 0 Å². The first-order chi connectivity index (χ1) is 10.2. The lowest BCUT2D eigenvalue weighted by Crippen LogP contribution is -2.16. The highest BCUT2D eigenvalue weighted by Gasteiger charge is 2.24. The van der Waals surface area contributed by atoms with Crippen molar-refractivity contribution in [3.05, 3.63) is 53.8 Å². The predicted octanol–water partition coefficient (Wildman–Crippen LogP) is 3.05. The Balaban J connectivity index is 1.95. The highest BCUT2D eigenvalue weighted by Crippen LogP contribution is 2.37. The van der Waals surface area contributed by atoms with E-state index in [1.54, 1.807) is 6.07 Å². The van der Waals surface area contributed by atoms with E-state index in [4.69, 9.17) is 5.73 Å². The van der Waals surface area contributed by atoms with E-state index < -0.39 is 0 Å². The Morgan fingerprint density at radius 1 is 1.10 bits per heavy atom. The molecule has 4 nitrogen and oxygen atoms in total. The molecule has 104 valence electrons. The van der Waals surface area contributed by atoms with Gasteiger partial charge >= 0.3 is 0 Å². The Labute approximate surface area is 121 Å². The number of para-hydroxylation sites is 1. The van der Waals surface area contributed by atoms with Crippen LogP contribution in [0.25, 0.3) is 10.9 Å². The van der Waals surface area contributed by atoms with Crippen molar-refractivity contribution in [1.82, 2.24) is 9.97 Å². The second kappa shape index (κ2) is 4.41. The second-order valence-corrected chi connectivity index (χ2v) is 5.10. The normalized spacial score (nSPS) is 13.7. The summed E-state index contributed by atoms with van der Waals surface area (Å²) in [4.78, 5) is 10.6. The summed E-state index contributed by atoms with van der Waals surface area (Å²) >= 11 is 0. The Hall–Kier alpha value is -2.69. The van der Waals surface area contributed by atoms with Crippen LogP contribution in [0.3, 0.4) is 0 Å². The van der Waals surface area contributed by atoms with Crippen molar-refractivity contribution in [1.29, 1.82) is 0 Å². The number of aromatic nitrogens is 2. The number of rotatable bonds is 1. The molecule has 0 radical (unpaired) electrons. The van der Waals surface area contributed by atoms with Gasteiger partial charge in [-0.2, -0.15) is 4.98 Å². The van der Waals surface area contributed by atoms with E-state index in [1.807, 2.05) is 35.2 Å². The summed E-state index contributed by atoms with van der Waals surface area (Å²) in [7, 11) is 0. The van der Waals surface area contributed by atoms with Gasteiger partial charge in [0.25, 0.3) is 0 Å². The van der Waals surface area contributed by atoms with Gasteiger partial charge in [0, 0.05) is 17.6 Å². The molecule has 1 aromatic heterocycles. The molecule has 0 fully saturated rings. The van der Waals surface area contributed by atoms with Gasteiger partial charge in [-0.05, 0) is 36.2 Å². The fourth-order valence-corrected chi connectivity index (χ4v) is 2.86. The highest BCUT2D eigenvalue weighted by atomic mass is 19.1. The lowest BCUT2D eigenvalue weighted by Gasteiger charge is -2.20. The van der Waals surface area contributed by atoms with Crippen molar-refractivity contribution in [3.63, 3.8) is 0 Å². The van der Waals surface area contributed by atoms with E-state index in [0.29, 0.717) is 0 Å². The third-order valence-corrected chi connectivity index (χ3v) is 3.80. The minimum absolute atomic E-state index is 0.230. The van der Waals surface area contributed by atoms with Gasteiger partial charge in [0.15, 0.2) is 0 Å². The van der Waals surface area contributed by atoms with Crippen LogP contribution in [-0.2, 0) is 6.42 Å². The maximum atomic E-state index is 13.6. The third kappa shape index (κ3) is 1.89. The zero-order valence-electron chi connectivity index (χ0n) is 11.3. The zero-order chi connectivity index (χ0) is 14.4. The van der Waals surface area contributed by atoms with Crippen molar-refractivity contribution in [2.75, 3.05) is 17.2 Å². The predicted molar refractivity (Wildman–Crippen MR) is 81.1 cm³/mol. The monoisotopic (exact) mass is 280 g/mol. The summed E-state index contributed by atoms with van der Waals surface area (Å²) in [5.41, 5.74) is 8.60.